The minimum atomic E-state index is 0.463. The van der Waals surface area contributed by atoms with Crippen molar-refractivity contribution in [1.82, 2.24) is 10.3 Å². The summed E-state index contributed by atoms with van der Waals surface area (Å²) in [6, 6.07) is 3.63. The van der Waals surface area contributed by atoms with Gasteiger partial charge >= 0.3 is 0 Å². The Morgan fingerprint density at radius 2 is 2.38 bits per heavy atom. The number of nitrogens with two attached hydrogens (primary N) is 1. The van der Waals surface area contributed by atoms with Crippen LogP contribution in [0, 0.1) is 0 Å². The lowest BCUT2D eigenvalue weighted by Crippen LogP contribution is -2.32. The summed E-state index contributed by atoms with van der Waals surface area (Å²) in [7, 11) is 0. The van der Waals surface area contributed by atoms with Crippen LogP contribution in [0.4, 0.5) is 0 Å². The lowest BCUT2D eigenvalue weighted by atomic mass is 10.3. The Bertz CT molecular complexity index is 334. The molecule has 1 aromatic heterocycles. The van der Waals surface area contributed by atoms with Gasteiger partial charge in [0, 0.05) is 12.7 Å². The lowest BCUT2D eigenvalue weighted by Gasteiger charge is -2.03. The van der Waals surface area contributed by atoms with E-state index < -0.39 is 0 Å². The van der Waals surface area contributed by atoms with Gasteiger partial charge < -0.3 is 11.1 Å². The van der Waals surface area contributed by atoms with Crippen LogP contribution >= 0.6 is 11.6 Å². The third-order valence-corrected chi connectivity index (χ3v) is 2.26. The monoisotopic (exact) mass is 240 g/mol. The summed E-state index contributed by atoms with van der Waals surface area (Å²) in [5.41, 5.74) is 6.53. The molecular formula is C11H17ClN4. The van der Waals surface area contributed by atoms with Crippen molar-refractivity contribution in [3.05, 3.63) is 29.0 Å². The SMILES string of the molecule is CCCCNC(N)=NCc1ccc(Cl)cn1. The molecule has 0 saturated heterocycles. The lowest BCUT2D eigenvalue weighted by molar-refractivity contribution is 0.747. The smallest absolute Gasteiger partial charge is 0.188 e. The molecule has 0 amide bonds. The van der Waals surface area contributed by atoms with Crippen LogP contribution in [-0.4, -0.2) is 17.5 Å². The van der Waals surface area contributed by atoms with Gasteiger partial charge in [-0.3, -0.25) is 4.98 Å². The summed E-state index contributed by atoms with van der Waals surface area (Å²) in [5, 5.41) is 3.67. The highest BCUT2D eigenvalue weighted by Gasteiger charge is 1.94. The molecule has 0 aliphatic heterocycles. The van der Waals surface area contributed by atoms with Gasteiger partial charge in [-0.05, 0) is 18.6 Å². The summed E-state index contributed by atoms with van der Waals surface area (Å²) in [4.78, 5) is 8.30. The fourth-order valence-corrected chi connectivity index (χ4v) is 1.23. The number of nitrogens with one attached hydrogen (secondary N) is 1. The van der Waals surface area contributed by atoms with E-state index in [2.05, 4.69) is 22.2 Å². The summed E-state index contributed by atoms with van der Waals surface area (Å²) in [6.07, 6.45) is 3.83. The first-order valence-corrected chi connectivity index (χ1v) is 5.74. The average molecular weight is 241 g/mol. The first kappa shape index (κ1) is 12.8. The quantitative estimate of drug-likeness (QED) is 0.470. The number of guanidine groups is 1. The second-order valence-electron chi connectivity index (χ2n) is 3.45. The molecule has 0 spiro atoms. The first-order chi connectivity index (χ1) is 7.72. The van der Waals surface area contributed by atoms with Crippen molar-refractivity contribution in [3.63, 3.8) is 0 Å². The third-order valence-electron chi connectivity index (χ3n) is 2.04. The van der Waals surface area contributed by atoms with Gasteiger partial charge in [-0.25, -0.2) is 4.99 Å². The van der Waals surface area contributed by atoms with Crippen molar-refractivity contribution in [2.24, 2.45) is 10.7 Å². The predicted octanol–water partition coefficient (Wildman–Crippen LogP) is 1.94. The highest BCUT2D eigenvalue weighted by Crippen LogP contribution is 2.06. The zero-order valence-electron chi connectivity index (χ0n) is 9.41. The standard InChI is InChI=1S/C11H17ClN4/c1-2-3-6-14-11(13)16-8-10-5-4-9(12)7-15-10/h4-5,7H,2-3,6,8H2,1H3,(H3,13,14,16). The summed E-state index contributed by atoms with van der Waals surface area (Å²) < 4.78 is 0. The topological polar surface area (TPSA) is 63.3 Å². The zero-order valence-corrected chi connectivity index (χ0v) is 10.2. The molecule has 1 heterocycles. The largest absolute Gasteiger partial charge is 0.370 e. The fraction of sp³-hybridized carbons (Fsp3) is 0.455. The van der Waals surface area contributed by atoms with E-state index in [9.17, 15) is 0 Å². The Morgan fingerprint density at radius 1 is 1.56 bits per heavy atom. The molecule has 1 rings (SSSR count). The Hall–Kier alpha value is -1.29. The number of hydrogen-bond donors (Lipinski definition) is 2. The maximum absolute atomic E-state index is 5.72. The van der Waals surface area contributed by atoms with Gasteiger partial charge in [0.2, 0.25) is 0 Å². The molecule has 16 heavy (non-hydrogen) atoms. The Kier molecular flexibility index (Phi) is 5.64. The van der Waals surface area contributed by atoms with Gasteiger partial charge in [0.1, 0.15) is 0 Å². The van der Waals surface area contributed by atoms with Crippen molar-refractivity contribution in [3.8, 4) is 0 Å². The van der Waals surface area contributed by atoms with Crippen LogP contribution in [0.3, 0.4) is 0 Å². The molecule has 0 fully saturated rings. The molecule has 4 nitrogen and oxygen atoms in total. The van der Waals surface area contributed by atoms with Gasteiger partial charge in [0.25, 0.3) is 0 Å². The van der Waals surface area contributed by atoms with Gasteiger partial charge in [0.05, 0.1) is 17.3 Å². The molecular weight excluding hydrogens is 224 g/mol. The van der Waals surface area contributed by atoms with E-state index in [1.807, 2.05) is 6.07 Å². The normalized spacial score (nSPS) is 11.5. The van der Waals surface area contributed by atoms with E-state index in [0.29, 0.717) is 17.5 Å². The molecule has 5 heteroatoms. The number of halogens is 1. The van der Waals surface area contributed by atoms with Crippen molar-refractivity contribution in [1.29, 1.82) is 0 Å². The molecule has 1 aromatic rings. The highest BCUT2D eigenvalue weighted by atomic mass is 35.5. The minimum absolute atomic E-state index is 0.463. The van der Waals surface area contributed by atoms with E-state index in [1.54, 1.807) is 12.3 Å². The van der Waals surface area contributed by atoms with Crippen molar-refractivity contribution < 1.29 is 0 Å². The average Bonchev–Trinajstić information content (AvgIpc) is 2.29. The van der Waals surface area contributed by atoms with Crippen LogP contribution in [0.5, 0.6) is 0 Å². The molecule has 0 aromatic carbocycles. The van der Waals surface area contributed by atoms with Crippen molar-refractivity contribution >= 4 is 17.6 Å². The molecule has 0 radical (unpaired) electrons. The maximum atomic E-state index is 5.72. The van der Waals surface area contributed by atoms with Crippen LogP contribution in [0.15, 0.2) is 23.3 Å². The number of hydrogen-bond acceptors (Lipinski definition) is 2. The third kappa shape index (κ3) is 4.98. The van der Waals surface area contributed by atoms with Crippen LogP contribution in [0.2, 0.25) is 5.02 Å². The number of pyridine rings is 1. The van der Waals surface area contributed by atoms with Gasteiger partial charge in [-0.1, -0.05) is 24.9 Å². The molecule has 88 valence electrons. The second-order valence-corrected chi connectivity index (χ2v) is 3.89. The van der Waals surface area contributed by atoms with E-state index in [1.165, 1.54) is 0 Å². The number of aromatic nitrogens is 1. The predicted molar refractivity (Wildman–Crippen MR) is 67.5 cm³/mol. The fourth-order valence-electron chi connectivity index (χ4n) is 1.12. The molecule has 0 aliphatic rings. The summed E-state index contributed by atoms with van der Waals surface area (Å²) in [6.45, 7) is 3.47. The van der Waals surface area contributed by atoms with Crippen LogP contribution in [-0.2, 0) is 6.54 Å². The van der Waals surface area contributed by atoms with Crippen molar-refractivity contribution in [2.45, 2.75) is 26.3 Å². The first-order valence-electron chi connectivity index (χ1n) is 5.36. The number of nitrogens with zero attached hydrogens (tertiary/aromatic N) is 2. The zero-order chi connectivity index (χ0) is 11.8. The molecule has 3 N–H and O–H groups in total. The number of aliphatic imine (C=N–C) groups is 1. The van der Waals surface area contributed by atoms with Gasteiger partial charge in [-0.2, -0.15) is 0 Å². The van der Waals surface area contributed by atoms with E-state index in [4.69, 9.17) is 17.3 Å². The van der Waals surface area contributed by atoms with Crippen LogP contribution in [0.25, 0.3) is 0 Å². The summed E-state index contributed by atoms with van der Waals surface area (Å²) in [5.74, 6) is 0.463. The molecule has 0 aliphatic carbocycles. The van der Waals surface area contributed by atoms with Crippen LogP contribution in [0.1, 0.15) is 25.5 Å². The van der Waals surface area contributed by atoms with E-state index >= 15 is 0 Å². The summed E-state index contributed by atoms with van der Waals surface area (Å²) >= 11 is 5.72. The van der Waals surface area contributed by atoms with E-state index in [-0.39, 0.29) is 0 Å². The highest BCUT2D eigenvalue weighted by molar-refractivity contribution is 6.30. The minimum Gasteiger partial charge on any atom is -0.370 e. The second kappa shape index (κ2) is 7.06. The number of rotatable bonds is 5. The molecule has 0 unspecified atom stereocenters. The molecule has 0 saturated carbocycles. The Morgan fingerprint density at radius 3 is 3.00 bits per heavy atom. The van der Waals surface area contributed by atoms with Gasteiger partial charge in [-0.15, -0.1) is 0 Å². The van der Waals surface area contributed by atoms with Crippen LogP contribution < -0.4 is 11.1 Å². The molecule has 0 atom stereocenters. The van der Waals surface area contributed by atoms with Crippen molar-refractivity contribution in [2.75, 3.05) is 6.54 Å². The van der Waals surface area contributed by atoms with Gasteiger partial charge in [0.15, 0.2) is 5.96 Å². The Balaban J connectivity index is 2.37. The maximum Gasteiger partial charge on any atom is 0.188 e. The number of unbranched alkanes of at least 4 members (excludes halogenated alkanes) is 1. The molecule has 0 bridgehead atoms. The Labute approximate surface area is 101 Å². The van der Waals surface area contributed by atoms with E-state index in [0.717, 1.165) is 25.1 Å².